The van der Waals surface area contributed by atoms with Crippen LogP contribution < -0.4 is 19.5 Å². The number of hydrogen-bond acceptors (Lipinski definition) is 8. The van der Waals surface area contributed by atoms with E-state index >= 15 is 0 Å². The Morgan fingerprint density at radius 3 is 2.32 bits per heavy atom. The number of benzene rings is 2. The molecule has 1 aliphatic rings. The van der Waals surface area contributed by atoms with E-state index in [0.717, 1.165) is 10.5 Å². The predicted molar refractivity (Wildman–Crippen MR) is 132 cm³/mol. The van der Waals surface area contributed by atoms with Crippen molar-refractivity contribution in [3.8, 4) is 17.2 Å². The van der Waals surface area contributed by atoms with Crippen molar-refractivity contribution in [2.45, 2.75) is 13.2 Å². The van der Waals surface area contributed by atoms with Crippen molar-refractivity contribution in [2.75, 3.05) is 21.3 Å². The molecule has 3 aromatic rings. The van der Waals surface area contributed by atoms with Crippen LogP contribution in [0, 0.1) is 0 Å². The van der Waals surface area contributed by atoms with Gasteiger partial charge in [0.25, 0.3) is 5.91 Å². The van der Waals surface area contributed by atoms with Gasteiger partial charge in [0.2, 0.25) is 11.5 Å². The summed E-state index contributed by atoms with van der Waals surface area (Å²) in [4.78, 5) is 37.9. The molecule has 1 saturated heterocycles. The normalized spacial score (nSPS) is 14.1. The van der Waals surface area contributed by atoms with Crippen molar-refractivity contribution < 1.29 is 37.7 Å². The van der Waals surface area contributed by atoms with E-state index in [1.807, 2.05) is 12.1 Å². The van der Waals surface area contributed by atoms with Crippen LogP contribution in [0.2, 0.25) is 5.02 Å². The van der Waals surface area contributed by atoms with Crippen LogP contribution in [0.3, 0.4) is 0 Å². The Hall–Kier alpha value is -4.44. The monoisotopic (exact) mass is 526 g/mol. The quantitative estimate of drug-likeness (QED) is 0.247. The predicted octanol–water partition coefficient (Wildman–Crippen LogP) is 4.41. The lowest BCUT2D eigenvalue weighted by atomic mass is 10.1. The molecular weight excluding hydrogens is 504 g/mol. The van der Waals surface area contributed by atoms with Crippen molar-refractivity contribution in [3.63, 3.8) is 0 Å². The lowest BCUT2D eigenvalue weighted by Crippen LogP contribution is -2.30. The molecule has 37 heavy (non-hydrogen) atoms. The van der Waals surface area contributed by atoms with E-state index in [0.29, 0.717) is 27.8 Å². The fourth-order valence-corrected chi connectivity index (χ4v) is 3.70. The summed E-state index contributed by atoms with van der Waals surface area (Å²) in [6.45, 7) is 0.0847. The number of methoxy groups -OCH3 is 3. The summed E-state index contributed by atoms with van der Waals surface area (Å²) in [6.07, 6.45) is 1.50. The highest BCUT2D eigenvalue weighted by Gasteiger charge is 2.34. The van der Waals surface area contributed by atoms with Gasteiger partial charge in [-0.2, -0.15) is 0 Å². The Kier molecular flexibility index (Phi) is 7.69. The molecule has 4 rings (SSSR count). The Bertz CT molecular complexity index is 1340. The van der Waals surface area contributed by atoms with Gasteiger partial charge in [0.05, 0.1) is 27.9 Å². The number of halogens is 1. The lowest BCUT2D eigenvalue weighted by molar-refractivity contribution is -0.123. The van der Waals surface area contributed by atoms with Gasteiger partial charge in [0, 0.05) is 5.02 Å². The largest absolute Gasteiger partial charge is 0.493 e. The van der Waals surface area contributed by atoms with Gasteiger partial charge in [0.15, 0.2) is 11.5 Å². The maximum atomic E-state index is 12.9. The van der Waals surface area contributed by atoms with Crippen LogP contribution in [0.1, 0.15) is 27.4 Å². The van der Waals surface area contributed by atoms with E-state index in [9.17, 15) is 14.4 Å². The van der Waals surface area contributed by atoms with E-state index in [1.165, 1.54) is 39.5 Å². The van der Waals surface area contributed by atoms with Crippen LogP contribution in [-0.4, -0.2) is 44.1 Å². The Morgan fingerprint density at radius 1 is 1.03 bits per heavy atom. The molecule has 3 amide bonds. The zero-order chi connectivity index (χ0) is 26.5. The number of rotatable bonds is 9. The van der Waals surface area contributed by atoms with E-state index in [4.69, 9.17) is 30.2 Å². The van der Waals surface area contributed by atoms with E-state index in [2.05, 4.69) is 10.1 Å². The maximum absolute atomic E-state index is 12.9. The third-order valence-corrected chi connectivity index (χ3v) is 5.67. The topological polar surface area (TPSA) is 117 Å². The maximum Gasteiger partial charge on any atom is 0.373 e. The summed E-state index contributed by atoms with van der Waals surface area (Å²) in [5.41, 5.74) is 1.47. The first-order valence-electron chi connectivity index (χ1n) is 11.0. The summed E-state index contributed by atoms with van der Waals surface area (Å²) >= 11 is 5.94. The summed E-state index contributed by atoms with van der Waals surface area (Å²) in [7, 11) is 4.19. The van der Waals surface area contributed by atoms with Gasteiger partial charge in [-0.1, -0.05) is 23.7 Å². The molecule has 0 unspecified atom stereocenters. The molecule has 1 N–H and O–H groups in total. The third kappa shape index (κ3) is 5.70. The average molecular weight is 527 g/mol. The van der Waals surface area contributed by atoms with Gasteiger partial charge in [0.1, 0.15) is 18.1 Å². The molecule has 2 heterocycles. The zero-order valence-electron chi connectivity index (χ0n) is 20.2. The van der Waals surface area contributed by atoms with Gasteiger partial charge in [-0.25, -0.2) is 9.59 Å². The van der Waals surface area contributed by atoms with Gasteiger partial charge in [-0.15, -0.1) is 0 Å². The van der Waals surface area contributed by atoms with E-state index in [-0.39, 0.29) is 30.4 Å². The average Bonchev–Trinajstić information content (AvgIpc) is 3.48. The molecule has 0 bridgehead atoms. The minimum atomic E-state index is -0.660. The van der Waals surface area contributed by atoms with Gasteiger partial charge in [-0.3, -0.25) is 9.69 Å². The Balaban J connectivity index is 1.53. The van der Waals surface area contributed by atoms with Gasteiger partial charge in [-0.05, 0) is 53.6 Å². The number of ether oxygens (including phenoxy) is 4. The molecule has 0 atom stereocenters. The van der Waals surface area contributed by atoms with Crippen LogP contribution in [0.4, 0.5) is 4.79 Å². The highest BCUT2D eigenvalue weighted by atomic mass is 35.5. The molecule has 0 saturated carbocycles. The molecule has 11 heteroatoms. The number of urea groups is 1. The van der Waals surface area contributed by atoms with Crippen molar-refractivity contribution in [3.05, 3.63) is 81.9 Å². The number of amides is 3. The molecule has 10 nitrogen and oxygen atoms in total. The second-order valence-corrected chi connectivity index (χ2v) is 8.24. The van der Waals surface area contributed by atoms with Crippen molar-refractivity contribution in [1.82, 2.24) is 10.2 Å². The molecule has 1 aliphatic heterocycles. The number of nitrogens with zero attached hydrogens (tertiary/aromatic N) is 1. The second-order valence-electron chi connectivity index (χ2n) is 7.81. The summed E-state index contributed by atoms with van der Waals surface area (Å²) < 4.78 is 26.9. The number of imide groups is 1. The standard InChI is InChI=1S/C26H23ClN2O8/c1-33-21-11-16(12-22(34-2)23(21)36-14-15-4-6-17(27)7-5-15)10-19-24(30)29(26(32)28-19)13-18-8-9-20(37-18)25(31)35-3/h4-12H,13-14H2,1-3H3,(H,28,32)/b19-10-. The molecule has 1 fully saturated rings. The fourth-order valence-electron chi connectivity index (χ4n) is 3.57. The Morgan fingerprint density at radius 2 is 1.70 bits per heavy atom. The minimum absolute atomic E-state index is 0.0297. The van der Waals surface area contributed by atoms with E-state index in [1.54, 1.807) is 24.3 Å². The first-order valence-corrected chi connectivity index (χ1v) is 11.4. The van der Waals surface area contributed by atoms with Crippen LogP contribution in [-0.2, 0) is 22.7 Å². The summed E-state index contributed by atoms with van der Waals surface area (Å²) in [6, 6.07) is 12.8. The Labute approximate surface area is 217 Å². The molecule has 0 aliphatic carbocycles. The smallest absolute Gasteiger partial charge is 0.373 e. The molecule has 0 radical (unpaired) electrons. The summed E-state index contributed by atoms with van der Waals surface area (Å²) in [5.74, 6) is 0.118. The van der Waals surface area contributed by atoms with Gasteiger partial charge < -0.3 is 28.7 Å². The molecule has 2 aromatic carbocycles. The van der Waals surface area contributed by atoms with Crippen molar-refractivity contribution >= 4 is 35.6 Å². The number of carbonyl (C=O) groups is 3. The molecular formula is C26H23ClN2O8. The van der Waals surface area contributed by atoms with Crippen LogP contribution in [0.25, 0.3) is 6.08 Å². The first kappa shape index (κ1) is 25.6. The highest BCUT2D eigenvalue weighted by Crippen LogP contribution is 2.40. The first-order chi connectivity index (χ1) is 17.8. The number of carbonyl (C=O) groups excluding carboxylic acids is 3. The number of hydrogen-bond donors (Lipinski definition) is 1. The lowest BCUT2D eigenvalue weighted by Gasteiger charge is -2.15. The SMILES string of the molecule is COC(=O)c1ccc(CN2C(=O)N/C(=C\c3cc(OC)c(OCc4ccc(Cl)cc4)c(OC)c3)C2=O)o1. The van der Waals surface area contributed by atoms with E-state index < -0.39 is 17.9 Å². The highest BCUT2D eigenvalue weighted by molar-refractivity contribution is 6.30. The van der Waals surface area contributed by atoms with Crippen LogP contribution in [0.5, 0.6) is 17.2 Å². The second kappa shape index (κ2) is 11.1. The summed E-state index contributed by atoms with van der Waals surface area (Å²) in [5, 5.41) is 3.17. The third-order valence-electron chi connectivity index (χ3n) is 5.41. The molecule has 0 spiro atoms. The minimum Gasteiger partial charge on any atom is -0.493 e. The number of furan rings is 1. The number of nitrogens with one attached hydrogen (secondary N) is 1. The van der Waals surface area contributed by atoms with Crippen molar-refractivity contribution in [2.24, 2.45) is 0 Å². The van der Waals surface area contributed by atoms with Gasteiger partial charge >= 0.3 is 12.0 Å². The fraction of sp³-hybridized carbons (Fsp3) is 0.192. The zero-order valence-corrected chi connectivity index (χ0v) is 21.0. The van der Waals surface area contributed by atoms with Crippen LogP contribution >= 0.6 is 11.6 Å². The molecule has 192 valence electrons. The van der Waals surface area contributed by atoms with Crippen molar-refractivity contribution in [1.29, 1.82) is 0 Å². The number of esters is 1. The van der Waals surface area contributed by atoms with Crippen LogP contribution in [0.15, 0.2) is 58.6 Å². The molecule has 1 aromatic heterocycles.